The second kappa shape index (κ2) is 5.93. The molecule has 0 bridgehead atoms. The van der Waals surface area contributed by atoms with Crippen molar-refractivity contribution in [1.82, 2.24) is 9.55 Å². The van der Waals surface area contributed by atoms with Crippen LogP contribution < -0.4 is 10.2 Å². The zero-order valence-corrected chi connectivity index (χ0v) is 13.9. The van der Waals surface area contributed by atoms with E-state index in [4.69, 9.17) is 9.72 Å². The highest BCUT2D eigenvalue weighted by atomic mass is 16.5. The van der Waals surface area contributed by atoms with Crippen molar-refractivity contribution in [3.8, 4) is 5.69 Å². The lowest BCUT2D eigenvalue weighted by atomic mass is 10.0. The fourth-order valence-corrected chi connectivity index (χ4v) is 3.80. The van der Waals surface area contributed by atoms with Gasteiger partial charge in [0.05, 0.1) is 30.6 Å². The van der Waals surface area contributed by atoms with E-state index in [-0.39, 0.29) is 6.04 Å². The fraction of sp³-hybridized carbons (Fsp3) is 0.250. The smallest absolute Gasteiger partial charge is 0.134 e. The number of pyridine rings is 1. The SMILES string of the molecule is c1ccc2c(c1)NC(c1cccnc1N1CCOCC1)c1cccn1-2. The van der Waals surface area contributed by atoms with Crippen LogP contribution in [0.2, 0.25) is 0 Å². The molecule has 5 rings (SSSR count). The van der Waals surface area contributed by atoms with Crippen LogP contribution in [0.15, 0.2) is 60.9 Å². The van der Waals surface area contributed by atoms with Crippen LogP contribution in [-0.4, -0.2) is 35.9 Å². The Balaban J connectivity index is 1.61. The third-order valence-electron chi connectivity index (χ3n) is 4.98. The van der Waals surface area contributed by atoms with Gasteiger partial charge in [0.1, 0.15) is 5.82 Å². The van der Waals surface area contributed by atoms with E-state index >= 15 is 0 Å². The molecule has 25 heavy (non-hydrogen) atoms. The minimum absolute atomic E-state index is 0.0800. The summed E-state index contributed by atoms with van der Waals surface area (Å²) < 4.78 is 7.78. The molecule has 1 aromatic carbocycles. The standard InChI is InChI=1S/C20H20N4O/c1-2-7-17-16(6-1)22-19(18-8-4-10-24(17)18)15-5-3-9-21-20(15)23-11-13-25-14-12-23/h1-10,19,22H,11-14H2. The van der Waals surface area contributed by atoms with Crippen LogP contribution >= 0.6 is 0 Å². The van der Waals surface area contributed by atoms with E-state index in [1.807, 2.05) is 12.3 Å². The predicted molar refractivity (Wildman–Crippen MR) is 98.5 cm³/mol. The molecule has 1 atom stereocenters. The third-order valence-corrected chi connectivity index (χ3v) is 4.98. The van der Waals surface area contributed by atoms with Gasteiger partial charge < -0.3 is 19.5 Å². The number of aromatic nitrogens is 2. The molecule has 3 aromatic rings. The lowest BCUT2D eigenvalue weighted by Gasteiger charge is -2.34. The van der Waals surface area contributed by atoms with Crippen LogP contribution in [0.4, 0.5) is 11.5 Å². The molecule has 1 fully saturated rings. The molecule has 4 heterocycles. The molecule has 126 valence electrons. The first kappa shape index (κ1) is 14.5. The van der Waals surface area contributed by atoms with Gasteiger partial charge in [-0.3, -0.25) is 0 Å². The molecule has 5 nitrogen and oxygen atoms in total. The molecule has 5 heteroatoms. The second-order valence-electron chi connectivity index (χ2n) is 6.41. The first-order chi connectivity index (χ1) is 12.4. The Hall–Kier alpha value is -2.79. The Morgan fingerprint density at radius 3 is 2.80 bits per heavy atom. The summed E-state index contributed by atoms with van der Waals surface area (Å²) in [6, 6.07) is 17.0. The number of para-hydroxylation sites is 2. The molecule has 2 aliphatic heterocycles. The summed E-state index contributed by atoms with van der Waals surface area (Å²) in [4.78, 5) is 7.04. The van der Waals surface area contributed by atoms with Gasteiger partial charge in [0.25, 0.3) is 0 Å². The molecule has 1 N–H and O–H groups in total. The Morgan fingerprint density at radius 2 is 1.88 bits per heavy atom. The Bertz CT molecular complexity index is 898. The number of anilines is 2. The van der Waals surface area contributed by atoms with Gasteiger partial charge in [0, 0.05) is 36.7 Å². The molecular formula is C20H20N4O. The van der Waals surface area contributed by atoms with Gasteiger partial charge in [0.15, 0.2) is 0 Å². The van der Waals surface area contributed by atoms with Crippen LogP contribution in [0.1, 0.15) is 17.3 Å². The summed E-state index contributed by atoms with van der Waals surface area (Å²) in [7, 11) is 0. The maximum atomic E-state index is 5.51. The molecule has 1 saturated heterocycles. The largest absolute Gasteiger partial charge is 0.378 e. The zero-order chi connectivity index (χ0) is 16.6. The zero-order valence-electron chi connectivity index (χ0n) is 13.9. The van der Waals surface area contributed by atoms with E-state index in [0.29, 0.717) is 0 Å². The van der Waals surface area contributed by atoms with Gasteiger partial charge in [0.2, 0.25) is 0 Å². The Kier molecular flexibility index (Phi) is 3.45. The number of benzene rings is 1. The lowest BCUT2D eigenvalue weighted by molar-refractivity contribution is 0.122. The second-order valence-corrected chi connectivity index (χ2v) is 6.41. The highest BCUT2D eigenvalue weighted by molar-refractivity contribution is 5.68. The number of hydrogen-bond donors (Lipinski definition) is 1. The number of hydrogen-bond acceptors (Lipinski definition) is 4. The Morgan fingerprint density at radius 1 is 1.00 bits per heavy atom. The first-order valence-corrected chi connectivity index (χ1v) is 8.72. The topological polar surface area (TPSA) is 42.3 Å². The minimum atomic E-state index is 0.0800. The summed E-state index contributed by atoms with van der Waals surface area (Å²) in [5.74, 6) is 1.05. The van der Waals surface area contributed by atoms with Gasteiger partial charge in [-0.15, -0.1) is 0 Å². The fourth-order valence-electron chi connectivity index (χ4n) is 3.80. The number of rotatable bonds is 2. The highest BCUT2D eigenvalue weighted by Crippen LogP contribution is 2.39. The van der Waals surface area contributed by atoms with Crippen LogP contribution in [0.25, 0.3) is 5.69 Å². The maximum absolute atomic E-state index is 5.51. The van der Waals surface area contributed by atoms with Crippen molar-refractivity contribution in [3.05, 3.63) is 72.2 Å². The average Bonchev–Trinajstić information content (AvgIpc) is 3.18. The van der Waals surface area contributed by atoms with Gasteiger partial charge >= 0.3 is 0 Å². The summed E-state index contributed by atoms with van der Waals surface area (Å²) in [6.45, 7) is 3.28. The molecule has 2 aromatic heterocycles. The number of ether oxygens (including phenoxy) is 1. The number of nitrogens with zero attached hydrogens (tertiary/aromatic N) is 3. The van der Waals surface area contributed by atoms with Crippen molar-refractivity contribution >= 4 is 11.5 Å². The van der Waals surface area contributed by atoms with Crippen LogP contribution in [0.5, 0.6) is 0 Å². The van der Waals surface area contributed by atoms with Gasteiger partial charge in [-0.1, -0.05) is 18.2 Å². The highest BCUT2D eigenvalue weighted by Gasteiger charge is 2.28. The van der Waals surface area contributed by atoms with E-state index in [1.165, 1.54) is 16.9 Å². The lowest BCUT2D eigenvalue weighted by Crippen LogP contribution is -2.38. The van der Waals surface area contributed by atoms with E-state index in [1.54, 1.807) is 0 Å². The summed E-state index contributed by atoms with van der Waals surface area (Å²) in [6.07, 6.45) is 4.01. The Labute approximate surface area is 146 Å². The monoisotopic (exact) mass is 332 g/mol. The molecule has 2 aliphatic rings. The predicted octanol–water partition coefficient (Wildman–Crippen LogP) is 3.22. The molecule has 0 saturated carbocycles. The molecular weight excluding hydrogens is 312 g/mol. The van der Waals surface area contributed by atoms with Crippen LogP contribution in [0.3, 0.4) is 0 Å². The molecule has 0 aliphatic carbocycles. The van der Waals surface area contributed by atoms with Gasteiger partial charge in [-0.25, -0.2) is 4.98 Å². The van der Waals surface area contributed by atoms with Crippen molar-refractivity contribution in [2.75, 3.05) is 36.5 Å². The quantitative estimate of drug-likeness (QED) is 0.782. The van der Waals surface area contributed by atoms with Crippen molar-refractivity contribution in [2.24, 2.45) is 0 Å². The van der Waals surface area contributed by atoms with Gasteiger partial charge in [-0.05, 0) is 30.3 Å². The molecule has 0 spiro atoms. The first-order valence-electron chi connectivity index (χ1n) is 8.72. The van der Waals surface area contributed by atoms with Crippen LogP contribution in [0, 0.1) is 0 Å². The maximum Gasteiger partial charge on any atom is 0.134 e. The number of nitrogens with one attached hydrogen (secondary N) is 1. The normalized spacial score (nSPS) is 19.0. The van der Waals surface area contributed by atoms with Gasteiger partial charge in [-0.2, -0.15) is 0 Å². The van der Waals surface area contributed by atoms with Crippen molar-refractivity contribution < 1.29 is 4.74 Å². The summed E-state index contributed by atoms with van der Waals surface area (Å²) in [5, 5.41) is 3.72. The summed E-state index contributed by atoms with van der Waals surface area (Å²) >= 11 is 0. The van der Waals surface area contributed by atoms with Crippen molar-refractivity contribution in [3.63, 3.8) is 0 Å². The number of morpholine rings is 1. The molecule has 1 unspecified atom stereocenters. The minimum Gasteiger partial charge on any atom is -0.378 e. The van der Waals surface area contributed by atoms with E-state index in [0.717, 1.165) is 37.8 Å². The van der Waals surface area contributed by atoms with E-state index < -0.39 is 0 Å². The van der Waals surface area contributed by atoms with E-state index in [9.17, 15) is 0 Å². The average molecular weight is 332 g/mol. The van der Waals surface area contributed by atoms with Crippen molar-refractivity contribution in [2.45, 2.75) is 6.04 Å². The van der Waals surface area contributed by atoms with Crippen molar-refractivity contribution in [1.29, 1.82) is 0 Å². The van der Waals surface area contributed by atoms with Crippen LogP contribution in [-0.2, 0) is 4.74 Å². The molecule has 0 radical (unpaired) electrons. The molecule has 0 amide bonds. The van der Waals surface area contributed by atoms with E-state index in [2.05, 4.69) is 63.4 Å². The summed E-state index contributed by atoms with van der Waals surface area (Å²) in [5.41, 5.74) is 4.78. The number of fused-ring (bicyclic) bond motifs is 3. The third kappa shape index (κ3) is 2.39.